The molecule has 0 aliphatic heterocycles. The first kappa shape index (κ1) is 8.80. The lowest BCUT2D eigenvalue weighted by Crippen LogP contribution is -2.06. The van der Waals surface area contributed by atoms with Gasteiger partial charge in [0, 0.05) is 4.90 Å². The number of carbonyl (C=O) groups excluding carboxylic acids is 1. The van der Waals surface area contributed by atoms with Crippen LogP contribution in [0.1, 0.15) is 0 Å². The van der Waals surface area contributed by atoms with Crippen molar-refractivity contribution in [3.63, 3.8) is 0 Å². The molecule has 0 unspecified atom stereocenters. The minimum Gasteiger partial charge on any atom is -0.475 e. The summed E-state index contributed by atoms with van der Waals surface area (Å²) in [6.45, 7) is 0. The molecule has 0 fully saturated rings. The Balaban J connectivity index is 2.65. The van der Waals surface area contributed by atoms with E-state index >= 15 is 0 Å². The Morgan fingerprint density at radius 2 is 1.92 bits per heavy atom. The molecule has 0 aliphatic carbocycles. The third-order valence-electron chi connectivity index (χ3n) is 1.07. The van der Waals surface area contributed by atoms with Crippen LogP contribution in [0.5, 0.6) is 0 Å². The maximum Gasteiger partial charge on any atom is 0.383 e. The second-order valence-corrected chi connectivity index (χ2v) is 2.98. The molecule has 0 saturated carbocycles. The van der Waals surface area contributed by atoms with E-state index in [1.807, 2.05) is 0 Å². The van der Waals surface area contributed by atoms with Crippen LogP contribution in [0.25, 0.3) is 0 Å². The molecular weight excluding hydrogens is 176 g/mol. The van der Waals surface area contributed by atoms with Crippen molar-refractivity contribution in [1.82, 2.24) is 0 Å². The summed E-state index contributed by atoms with van der Waals surface area (Å²) in [7, 11) is 0. The van der Waals surface area contributed by atoms with Gasteiger partial charge in [-0.05, 0) is 30.0 Å². The first-order chi connectivity index (χ1) is 5.70. The highest BCUT2D eigenvalue weighted by molar-refractivity contribution is 8.15. The van der Waals surface area contributed by atoms with Crippen molar-refractivity contribution in [3.05, 3.63) is 30.3 Å². The number of hydrogen-bond donors (Lipinski definition) is 1. The van der Waals surface area contributed by atoms with E-state index in [-0.39, 0.29) is 0 Å². The van der Waals surface area contributed by atoms with Gasteiger partial charge in [-0.1, -0.05) is 12.1 Å². The quantitative estimate of drug-likeness (QED) is 0.522. The van der Waals surface area contributed by atoms with E-state index in [2.05, 4.69) is 6.07 Å². The molecule has 3 nitrogen and oxygen atoms in total. The summed E-state index contributed by atoms with van der Waals surface area (Å²) in [5, 5.41) is 7.39. The third kappa shape index (κ3) is 2.39. The molecular formula is C8H5O3S. The van der Waals surface area contributed by atoms with Crippen molar-refractivity contribution in [2.45, 2.75) is 4.90 Å². The molecule has 0 bridgehead atoms. The Morgan fingerprint density at radius 3 is 2.42 bits per heavy atom. The van der Waals surface area contributed by atoms with Crippen LogP contribution in [0.3, 0.4) is 0 Å². The molecule has 12 heavy (non-hydrogen) atoms. The normalized spacial score (nSPS) is 9.33. The topological polar surface area (TPSA) is 54.4 Å². The first-order valence-corrected chi connectivity index (χ1v) is 3.93. The number of aliphatic carboxylic acids is 1. The molecule has 0 heterocycles. The van der Waals surface area contributed by atoms with Gasteiger partial charge in [-0.2, -0.15) is 0 Å². The lowest BCUT2D eigenvalue weighted by Gasteiger charge is -1.93. The van der Waals surface area contributed by atoms with E-state index in [0.29, 0.717) is 16.7 Å². The Hall–Kier alpha value is -1.29. The van der Waals surface area contributed by atoms with Gasteiger partial charge in [0.05, 0.1) is 0 Å². The minimum absolute atomic E-state index is 0.612. The van der Waals surface area contributed by atoms with Crippen molar-refractivity contribution < 1.29 is 14.7 Å². The lowest BCUT2D eigenvalue weighted by atomic mass is 10.4. The maximum absolute atomic E-state index is 10.7. The molecule has 1 aromatic rings. The van der Waals surface area contributed by atoms with Gasteiger partial charge in [-0.3, -0.25) is 4.79 Å². The molecule has 1 aromatic carbocycles. The molecule has 1 rings (SSSR count). The van der Waals surface area contributed by atoms with Crippen LogP contribution in [0.4, 0.5) is 0 Å². The number of rotatable bonds is 1. The molecule has 1 radical (unpaired) electrons. The molecule has 61 valence electrons. The fourth-order valence-electron chi connectivity index (χ4n) is 0.590. The maximum atomic E-state index is 10.7. The minimum atomic E-state index is -1.42. The number of hydrogen-bond acceptors (Lipinski definition) is 3. The largest absolute Gasteiger partial charge is 0.475 e. The summed E-state index contributed by atoms with van der Waals surface area (Å²) < 4.78 is 0. The van der Waals surface area contributed by atoms with Gasteiger partial charge in [0.25, 0.3) is 0 Å². The standard InChI is InChI=1S/C8H5O3S/c9-7(10)8(11)12-6-4-2-1-3-5-6/h2-5H,(H,9,10). The average Bonchev–Trinajstić information content (AvgIpc) is 2.06. The Morgan fingerprint density at radius 1 is 1.33 bits per heavy atom. The highest BCUT2D eigenvalue weighted by Gasteiger charge is 2.12. The van der Waals surface area contributed by atoms with Crippen molar-refractivity contribution >= 4 is 22.8 Å². The van der Waals surface area contributed by atoms with Crippen LogP contribution < -0.4 is 0 Å². The molecule has 0 atom stereocenters. The fourth-order valence-corrected chi connectivity index (χ4v) is 1.16. The van der Waals surface area contributed by atoms with Crippen molar-refractivity contribution in [1.29, 1.82) is 0 Å². The van der Waals surface area contributed by atoms with Gasteiger partial charge in [-0.15, -0.1) is 0 Å². The molecule has 1 N–H and O–H groups in total. The van der Waals surface area contributed by atoms with E-state index in [0.717, 1.165) is 0 Å². The van der Waals surface area contributed by atoms with Crippen LogP contribution in [-0.2, 0) is 9.59 Å². The van der Waals surface area contributed by atoms with Crippen molar-refractivity contribution in [2.24, 2.45) is 0 Å². The van der Waals surface area contributed by atoms with Crippen molar-refractivity contribution in [3.8, 4) is 0 Å². The number of thioether (sulfide) groups is 1. The summed E-state index contributed by atoms with van der Waals surface area (Å²) >= 11 is 0.693. The smallest absolute Gasteiger partial charge is 0.383 e. The fraction of sp³-hybridized carbons (Fsp3) is 0. The molecule has 0 saturated heterocycles. The van der Waals surface area contributed by atoms with Gasteiger partial charge in [-0.25, -0.2) is 4.79 Å². The van der Waals surface area contributed by atoms with Crippen LogP contribution in [0.2, 0.25) is 0 Å². The molecule has 0 amide bonds. The van der Waals surface area contributed by atoms with Crippen LogP contribution in [-0.4, -0.2) is 16.2 Å². The van der Waals surface area contributed by atoms with E-state index in [9.17, 15) is 9.59 Å². The Kier molecular flexibility index (Phi) is 2.88. The van der Waals surface area contributed by atoms with E-state index in [1.165, 1.54) is 0 Å². The summed E-state index contributed by atoms with van der Waals surface area (Å²) in [5.74, 6) is -1.42. The van der Waals surface area contributed by atoms with E-state index in [1.54, 1.807) is 24.3 Å². The predicted octanol–water partition coefficient (Wildman–Crippen LogP) is 1.19. The molecule has 0 aromatic heterocycles. The van der Waals surface area contributed by atoms with Gasteiger partial charge >= 0.3 is 11.1 Å². The van der Waals surface area contributed by atoms with Crippen LogP contribution in [0.15, 0.2) is 29.2 Å². The second-order valence-electron chi connectivity index (χ2n) is 1.93. The molecule has 4 heteroatoms. The zero-order valence-corrected chi connectivity index (χ0v) is 6.80. The zero-order valence-electron chi connectivity index (χ0n) is 5.98. The zero-order chi connectivity index (χ0) is 8.97. The number of carboxylic acid groups (broad SMARTS) is 1. The molecule has 0 spiro atoms. The lowest BCUT2D eigenvalue weighted by molar-refractivity contribution is -0.144. The SMILES string of the molecule is O=C(O)C(=O)Sc1cc[c]cc1. The van der Waals surface area contributed by atoms with Crippen LogP contribution in [0, 0.1) is 6.07 Å². The highest BCUT2D eigenvalue weighted by atomic mass is 32.2. The van der Waals surface area contributed by atoms with Gasteiger partial charge in [0.2, 0.25) is 0 Å². The molecule has 0 aliphatic rings. The van der Waals surface area contributed by atoms with Gasteiger partial charge in [0.1, 0.15) is 0 Å². The summed E-state index contributed by atoms with van der Waals surface area (Å²) in [5.41, 5.74) is 0. The summed E-state index contributed by atoms with van der Waals surface area (Å²) in [6.07, 6.45) is 0. The van der Waals surface area contributed by atoms with Gasteiger partial charge < -0.3 is 5.11 Å². The summed E-state index contributed by atoms with van der Waals surface area (Å²) in [4.78, 5) is 21.4. The second kappa shape index (κ2) is 3.92. The number of carbonyl (C=O) groups is 2. The predicted molar refractivity (Wildman–Crippen MR) is 43.8 cm³/mol. The average molecular weight is 181 g/mol. The Labute approximate surface area is 73.4 Å². The van der Waals surface area contributed by atoms with Gasteiger partial charge in [0.15, 0.2) is 0 Å². The summed E-state index contributed by atoms with van der Waals surface area (Å²) in [6, 6.07) is 9.27. The van der Waals surface area contributed by atoms with E-state index in [4.69, 9.17) is 5.11 Å². The first-order valence-electron chi connectivity index (χ1n) is 3.11. The number of benzene rings is 1. The Bertz CT molecular complexity index is 294. The monoisotopic (exact) mass is 181 g/mol. The third-order valence-corrected chi connectivity index (χ3v) is 1.94. The number of carboxylic acids is 1. The highest BCUT2D eigenvalue weighted by Crippen LogP contribution is 2.17. The van der Waals surface area contributed by atoms with E-state index < -0.39 is 11.1 Å². The van der Waals surface area contributed by atoms with Crippen LogP contribution >= 0.6 is 11.8 Å². The van der Waals surface area contributed by atoms with Crippen molar-refractivity contribution in [2.75, 3.05) is 0 Å².